The van der Waals surface area contributed by atoms with E-state index < -0.39 is 6.61 Å². The second-order valence-corrected chi connectivity index (χ2v) is 7.27. The fraction of sp³-hybridized carbons (Fsp3) is 0.450. The molecule has 0 saturated carbocycles. The number of nitrogens with zero attached hydrogens (tertiary/aromatic N) is 5. The van der Waals surface area contributed by atoms with Crippen molar-refractivity contribution in [3.05, 3.63) is 30.7 Å². The summed E-state index contributed by atoms with van der Waals surface area (Å²) >= 11 is 0. The third-order valence-corrected chi connectivity index (χ3v) is 5.27. The van der Waals surface area contributed by atoms with Crippen LogP contribution in [0.4, 0.5) is 14.7 Å². The van der Waals surface area contributed by atoms with Gasteiger partial charge >= 0.3 is 6.61 Å². The van der Waals surface area contributed by atoms with Gasteiger partial charge in [0.2, 0.25) is 5.95 Å². The summed E-state index contributed by atoms with van der Waals surface area (Å²) in [6.45, 7) is -0.501. The van der Waals surface area contributed by atoms with Crippen LogP contribution in [0.25, 0.3) is 16.8 Å². The summed E-state index contributed by atoms with van der Waals surface area (Å²) in [6.07, 6.45) is 5.18. The number of alkyl halides is 2. The Balaban J connectivity index is 1.66. The van der Waals surface area contributed by atoms with E-state index >= 15 is 0 Å². The molecule has 1 aliphatic heterocycles. The van der Waals surface area contributed by atoms with Crippen LogP contribution in [0.2, 0.25) is 0 Å². The first kappa shape index (κ1) is 21.2. The van der Waals surface area contributed by atoms with Gasteiger partial charge < -0.3 is 19.9 Å². The van der Waals surface area contributed by atoms with Crippen LogP contribution in [-0.2, 0) is 0 Å². The number of aliphatic hydroxyl groups is 1. The quantitative estimate of drug-likeness (QED) is 0.557. The van der Waals surface area contributed by atoms with Gasteiger partial charge in [0.05, 0.1) is 25.4 Å². The first-order valence-corrected chi connectivity index (χ1v) is 10.0. The Morgan fingerprint density at radius 2 is 2.19 bits per heavy atom. The van der Waals surface area contributed by atoms with Gasteiger partial charge in [-0.1, -0.05) is 0 Å². The number of rotatable bonds is 8. The lowest BCUT2D eigenvalue weighted by Gasteiger charge is -2.32. The number of likely N-dealkylation sites (tertiary alicyclic amines) is 1. The molecule has 11 heteroatoms. The minimum Gasteiger partial charge on any atom is -0.497 e. The minimum atomic E-state index is -2.99. The normalized spacial score (nSPS) is 17.3. The second-order valence-electron chi connectivity index (χ2n) is 7.27. The first-order valence-electron chi connectivity index (χ1n) is 10.0. The monoisotopic (exact) mass is 434 g/mol. The molecule has 0 unspecified atom stereocenters. The fourth-order valence-electron chi connectivity index (χ4n) is 3.85. The number of ether oxygens (including phenoxy) is 2. The van der Waals surface area contributed by atoms with Gasteiger partial charge in [-0.3, -0.25) is 9.30 Å². The van der Waals surface area contributed by atoms with Crippen LogP contribution in [0.15, 0.2) is 30.7 Å². The molecule has 1 saturated heterocycles. The summed E-state index contributed by atoms with van der Waals surface area (Å²) in [5.41, 5.74) is 1.33. The second kappa shape index (κ2) is 9.40. The van der Waals surface area contributed by atoms with E-state index in [1.165, 1.54) is 13.2 Å². The molecule has 0 aliphatic carbocycles. The zero-order valence-electron chi connectivity index (χ0n) is 17.0. The minimum absolute atomic E-state index is 0.0561. The molecule has 3 heterocycles. The molecule has 31 heavy (non-hydrogen) atoms. The number of imidazole rings is 1. The molecular formula is C20H24F2N6O3. The highest BCUT2D eigenvalue weighted by atomic mass is 19.3. The summed E-state index contributed by atoms with van der Waals surface area (Å²) in [6, 6.07) is 4.78. The number of nitrogens with one attached hydrogen (secondary N) is 1. The summed E-state index contributed by atoms with van der Waals surface area (Å²) in [4.78, 5) is 6.39. The maximum atomic E-state index is 13.0. The highest BCUT2D eigenvalue weighted by Gasteiger charge is 2.22. The zero-order valence-corrected chi connectivity index (χ0v) is 17.0. The molecule has 3 aromatic rings. The molecule has 0 amide bonds. The van der Waals surface area contributed by atoms with Crippen molar-refractivity contribution >= 4 is 11.5 Å². The third kappa shape index (κ3) is 4.67. The number of aliphatic hydroxyl groups excluding tert-OH is 1. The summed E-state index contributed by atoms with van der Waals surface area (Å²) in [5.74, 6) is 0.844. The Hall–Kier alpha value is -3.05. The molecule has 1 aromatic carbocycles. The number of hydrogen-bond acceptors (Lipinski definition) is 8. The van der Waals surface area contributed by atoms with E-state index in [1.54, 1.807) is 29.1 Å². The predicted octanol–water partition coefficient (Wildman–Crippen LogP) is 2.27. The van der Waals surface area contributed by atoms with Crippen LogP contribution in [0, 0.1) is 0 Å². The fourth-order valence-corrected chi connectivity index (χ4v) is 3.85. The van der Waals surface area contributed by atoms with Crippen molar-refractivity contribution in [1.29, 1.82) is 0 Å². The van der Waals surface area contributed by atoms with Crippen molar-refractivity contribution in [2.24, 2.45) is 0 Å². The summed E-state index contributed by atoms with van der Waals surface area (Å²) < 4.78 is 37.5. The van der Waals surface area contributed by atoms with E-state index in [0.29, 0.717) is 35.0 Å². The largest absolute Gasteiger partial charge is 0.497 e. The van der Waals surface area contributed by atoms with Gasteiger partial charge in [0.25, 0.3) is 0 Å². The SMILES string of the molecule is COc1ccc(-c2nnc(N[C@@H]3CCCN(CCO)C3)n3cncc23)c(OC(F)F)c1. The van der Waals surface area contributed by atoms with Crippen LogP contribution in [0.3, 0.4) is 0 Å². The smallest absolute Gasteiger partial charge is 0.387 e. The standard InChI is InChI=1S/C20H24F2N6O3/c1-30-14-4-5-15(17(9-14)31-19(21)22)18-16-10-23-12-28(16)20(26-25-18)24-13-3-2-6-27(11-13)7-8-29/h4-5,9-10,12-13,19,29H,2-3,6-8,11H2,1H3,(H,24,26)/t13-/m1/s1. The molecule has 0 spiro atoms. The van der Waals surface area contributed by atoms with Gasteiger partial charge in [-0.15, -0.1) is 10.2 Å². The molecule has 0 bridgehead atoms. The molecule has 2 N–H and O–H groups in total. The van der Waals surface area contributed by atoms with Crippen molar-refractivity contribution < 1.29 is 23.4 Å². The lowest BCUT2D eigenvalue weighted by molar-refractivity contribution is -0.0495. The van der Waals surface area contributed by atoms with Crippen molar-refractivity contribution in [2.45, 2.75) is 25.5 Å². The Bertz CT molecular complexity index is 1030. The van der Waals surface area contributed by atoms with E-state index in [0.717, 1.165) is 25.9 Å². The van der Waals surface area contributed by atoms with Crippen molar-refractivity contribution in [1.82, 2.24) is 24.5 Å². The van der Waals surface area contributed by atoms with Crippen LogP contribution < -0.4 is 14.8 Å². The lowest BCUT2D eigenvalue weighted by Crippen LogP contribution is -2.43. The van der Waals surface area contributed by atoms with Gasteiger partial charge in [-0.25, -0.2) is 4.98 Å². The molecule has 0 radical (unpaired) electrons. The topological polar surface area (TPSA) is 97.0 Å². The Kier molecular flexibility index (Phi) is 6.42. The number of halogens is 2. The molecule has 166 valence electrons. The van der Waals surface area contributed by atoms with E-state index in [4.69, 9.17) is 9.47 Å². The molecule has 2 aromatic heterocycles. The molecule has 1 aliphatic rings. The number of methoxy groups -OCH3 is 1. The van der Waals surface area contributed by atoms with E-state index in [-0.39, 0.29) is 18.4 Å². The van der Waals surface area contributed by atoms with Gasteiger partial charge in [-0.05, 0) is 31.5 Å². The predicted molar refractivity (Wildman–Crippen MR) is 110 cm³/mol. The maximum Gasteiger partial charge on any atom is 0.387 e. The van der Waals surface area contributed by atoms with Crippen molar-refractivity contribution in [3.8, 4) is 22.8 Å². The number of fused-ring (bicyclic) bond motifs is 1. The number of aromatic nitrogens is 4. The Morgan fingerprint density at radius 3 is 2.97 bits per heavy atom. The highest BCUT2D eigenvalue weighted by Crippen LogP contribution is 2.35. The van der Waals surface area contributed by atoms with Crippen LogP contribution in [0.5, 0.6) is 11.5 Å². The maximum absolute atomic E-state index is 13.0. The zero-order chi connectivity index (χ0) is 21.8. The molecule has 1 atom stereocenters. The number of piperidine rings is 1. The van der Waals surface area contributed by atoms with Crippen molar-refractivity contribution in [3.63, 3.8) is 0 Å². The molecular weight excluding hydrogens is 410 g/mol. The lowest BCUT2D eigenvalue weighted by atomic mass is 10.1. The number of β-amino-alcohol motifs (C(OH)–C–C–N with tert-alkyl or cyclic N) is 1. The van der Waals surface area contributed by atoms with E-state index in [1.807, 2.05) is 0 Å². The highest BCUT2D eigenvalue weighted by molar-refractivity contribution is 5.81. The van der Waals surface area contributed by atoms with Crippen LogP contribution in [0.1, 0.15) is 12.8 Å². The van der Waals surface area contributed by atoms with Gasteiger partial charge in [0.1, 0.15) is 23.5 Å². The summed E-state index contributed by atoms with van der Waals surface area (Å²) in [5, 5.41) is 21.2. The Labute approximate surface area is 177 Å². The van der Waals surface area contributed by atoms with E-state index in [2.05, 4.69) is 25.4 Å². The first-order chi connectivity index (χ1) is 15.1. The number of benzene rings is 1. The Morgan fingerprint density at radius 1 is 1.32 bits per heavy atom. The summed E-state index contributed by atoms with van der Waals surface area (Å²) in [7, 11) is 1.45. The van der Waals surface area contributed by atoms with Crippen LogP contribution >= 0.6 is 0 Å². The van der Waals surface area contributed by atoms with Crippen LogP contribution in [-0.4, -0.2) is 75.6 Å². The average molecular weight is 434 g/mol. The van der Waals surface area contributed by atoms with Gasteiger partial charge in [0, 0.05) is 30.8 Å². The molecule has 9 nitrogen and oxygen atoms in total. The van der Waals surface area contributed by atoms with Gasteiger partial charge in [-0.2, -0.15) is 8.78 Å². The molecule has 1 fully saturated rings. The number of hydrogen-bond donors (Lipinski definition) is 2. The third-order valence-electron chi connectivity index (χ3n) is 5.27. The number of anilines is 1. The van der Waals surface area contributed by atoms with Crippen molar-refractivity contribution in [2.75, 3.05) is 38.7 Å². The van der Waals surface area contributed by atoms with E-state index in [9.17, 15) is 13.9 Å². The molecule has 4 rings (SSSR count). The van der Waals surface area contributed by atoms with Gasteiger partial charge in [0.15, 0.2) is 0 Å². The average Bonchev–Trinajstić information content (AvgIpc) is 3.25.